The quantitative estimate of drug-likeness (QED) is 0.529. The molecular formula is C23H28N6O2S. The molecule has 0 spiro atoms. The molecule has 8 nitrogen and oxygen atoms in total. The molecule has 2 heterocycles. The van der Waals surface area contributed by atoms with Crippen LogP contribution in [0.1, 0.15) is 30.7 Å². The Morgan fingerprint density at radius 2 is 1.97 bits per heavy atom. The highest BCUT2D eigenvalue weighted by Gasteiger charge is 2.30. The Labute approximate surface area is 188 Å². The average Bonchev–Trinajstić information content (AvgIpc) is 3.13. The molecule has 4 rings (SSSR count). The lowest BCUT2D eigenvalue weighted by Gasteiger charge is -2.35. The van der Waals surface area contributed by atoms with Gasteiger partial charge in [-0.1, -0.05) is 18.2 Å². The Kier molecular flexibility index (Phi) is 5.56. The second-order valence-electron chi connectivity index (χ2n) is 8.39. The first-order valence-corrected chi connectivity index (χ1v) is 12.1. The lowest BCUT2D eigenvalue weighted by atomic mass is 10.0. The second-order valence-corrected chi connectivity index (χ2v) is 10.9. The van der Waals surface area contributed by atoms with Gasteiger partial charge in [-0.25, -0.2) is 13.4 Å². The minimum Gasteiger partial charge on any atom is -0.331 e. The van der Waals surface area contributed by atoms with Crippen molar-refractivity contribution in [3.8, 4) is 0 Å². The molecule has 0 fully saturated rings. The van der Waals surface area contributed by atoms with Crippen LogP contribution in [-0.4, -0.2) is 37.1 Å². The van der Waals surface area contributed by atoms with Crippen molar-refractivity contribution in [2.75, 3.05) is 11.9 Å². The van der Waals surface area contributed by atoms with Crippen LogP contribution < -0.4 is 16.0 Å². The zero-order valence-electron chi connectivity index (χ0n) is 18.6. The summed E-state index contributed by atoms with van der Waals surface area (Å²) < 4.78 is 24.7. The summed E-state index contributed by atoms with van der Waals surface area (Å²) >= 11 is 0. The first-order chi connectivity index (χ1) is 15.1. The zero-order valence-corrected chi connectivity index (χ0v) is 19.4. The number of nitrogens with two attached hydrogens (primary N) is 1. The number of hydrogen-bond donors (Lipinski definition) is 3. The van der Waals surface area contributed by atoms with Gasteiger partial charge in [0.05, 0.1) is 16.5 Å². The van der Waals surface area contributed by atoms with Gasteiger partial charge in [-0.3, -0.25) is 10.8 Å². The van der Waals surface area contributed by atoms with Crippen molar-refractivity contribution in [2.24, 2.45) is 10.7 Å². The lowest BCUT2D eigenvalue weighted by molar-refractivity contribution is 0.392. The van der Waals surface area contributed by atoms with Crippen LogP contribution >= 0.6 is 0 Å². The molecule has 3 aromatic rings. The smallest absolute Gasteiger partial charge is 0.210 e. The van der Waals surface area contributed by atoms with Gasteiger partial charge in [-0.15, -0.1) is 0 Å². The molecule has 1 atom stereocenters. The van der Waals surface area contributed by atoms with Crippen molar-refractivity contribution < 1.29 is 8.42 Å². The Bertz CT molecular complexity index is 1330. The number of rotatable bonds is 6. The van der Waals surface area contributed by atoms with Crippen molar-refractivity contribution in [1.29, 1.82) is 0 Å². The van der Waals surface area contributed by atoms with Crippen molar-refractivity contribution >= 4 is 32.6 Å². The second kappa shape index (κ2) is 8.07. The summed E-state index contributed by atoms with van der Waals surface area (Å²) in [4.78, 5) is 6.43. The largest absolute Gasteiger partial charge is 0.331 e. The van der Waals surface area contributed by atoms with E-state index in [1.165, 1.54) is 0 Å². The standard InChI is InChI=1S/C23H28N6O2S/c1-15(2)32(30,31)14-17-6-5-7-18(12-17)23(24)25-11-10-22(26-23)29(4)19-8-9-20-16(3)27-28-21(20)13-19/h5-13,15,26H,14,24H2,1-4H3,(H,27,28). The van der Waals surface area contributed by atoms with E-state index in [1.54, 1.807) is 32.2 Å². The number of aromatic nitrogens is 2. The third kappa shape index (κ3) is 4.13. The number of sulfone groups is 1. The number of anilines is 1. The summed E-state index contributed by atoms with van der Waals surface area (Å²) in [7, 11) is -1.29. The van der Waals surface area contributed by atoms with Gasteiger partial charge in [0.15, 0.2) is 9.84 Å². The number of nitrogens with zero attached hydrogens (tertiary/aromatic N) is 3. The van der Waals surface area contributed by atoms with Crippen LogP contribution in [0.4, 0.5) is 5.69 Å². The number of hydrogen-bond acceptors (Lipinski definition) is 7. The Hall–Kier alpha value is -3.17. The molecule has 0 amide bonds. The Balaban J connectivity index is 1.59. The Morgan fingerprint density at radius 3 is 2.72 bits per heavy atom. The number of H-pyrrole nitrogens is 1. The van der Waals surface area contributed by atoms with Crippen LogP contribution in [0.3, 0.4) is 0 Å². The van der Waals surface area contributed by atoms with E-state index < -0.39 is 20.9 Å². The summed E-state index contributed by atoms with van der Waals surface area (Å²) in [5.41, 5.74) is 10.8. The van der Waals surface area contributed by atoms with Crippen LogP contribution in [0.2, 0.25) is 0 Å². The molecule has 2 aromatic carbocycles. The number of allylic oxidation sites excluding steroid dienone is 1. The maximum Gasteiger partial charge on any atom is 0.210 e. The van der Waals surface area contributed by atoms with Crippen molar-refractivity contribution in [1.82, 2.24) is 15.5 Å². The maximum atomic E-state index is 12.4. The van der Waals surface area contributed by atoms with Gasteiger partial charge < -0.3 is 10.2 Å². The van der Waals surface area contributed by atoms with E-state index in [0.29, 0.717) is 11.1 Å². The van der Waals surface area contributed by atoms with Gasteiger partial charge in [0.1, 0.15) is 5.82 Å². The maximum absolute atomic E-state index is 12.4. The number of aromatic amines is 1. The highest BCUT2D eigenvalue weighted by molar-refractivity contribution is 7.91. The fourth-order valence-electron chi connectivity index (χ4n) is 3.62. The molecule has 168 valence electrons. The van der Waals surface area contributed by atoms with Crippen LogP contribution in [-0.2, 0) is 21.4 Å². The summed E-state index contributed by atoms with van der Waals surface area (Å²) in [5.74, 6) is -0.498. The van der Waals surface area contributed by atoms with Crippen LogP contribution in [0.25, 0.3) is 10.9 Å². The Morgan fingerprint density at radius 1 is 1.19 bits per heavy atom. The monoisotopic (exact) mass is 452 g/mol. The fraction of sp³-hybridized carbons (Fsp3) is 0.304. The van der Waals surface area contributed by atoms with E-state index in [9.17, 15) is 8.42 Å². The normalized spacial score (nSPS) is 18.6. The van der Waals surface area contributed by atoms with Crippen LogP contribution in [0.5, 0.6) is 0 Å². The molecule has 4 N–H and O–H groups in total. The SMILES string of the molecule is Cc1[nH]nc2cc(N(C)C3=CC=NC(N)(c4cccc(CS(=O)(=O)C(C)C)c4)N3)ccc12. The zero-order chi connectivity index (χ0) is 23.1. The van der Waals surface area contributed by atoms with Gasteiger partial charge in [0.2, 0.25) is 5.79 Å². The minimum absolute atomic E-state index is 0.0377. The van der Waals surface area contributed by atoms with E-state index in [1.807, 2.05) is 55.3 Å². The molecule has 0 radical (unpaired) electrons. The predicted octanol–water partition coefficient (Wildman–Crippen LogP) is 2.92. The number of aliphatic imine (C=N–C) groups is 1. The molecule has 9 heteroatoms. The van der Waals surface area contributed by atoms with E-state index in [-0.39, 0.29) is 5.75 Å². The summed E-state index contributed by atoms with van der Waals surface area (Å²) in [5, 5.41) is 11.3. The van der Waals surface area contributed by atoms with Crippen LogP contribution in [0, 0.1) is 6.92 Å². The number of aryl methyl sites for hydroxylation is 1. The van der Waals surface area contributed by atoms with Crippen molar-refractivity contribution in [2.45, 2.75) is 37.6 Å². The molecule has 0 bridgehead atoms. The minimum atomic E-state index is -3.22. The molecule has 1 aliphatic heterocycles. The molecule has 0 saturated heterocycles. The number of nitrogens with one attached hydrogen (secondary N) is 2. The third-order valence-electron chi connectivity index (χ3n) is 5.76. The van der Waals surface area contributed by atoms with Crippen molar-refractivity contribution in [3.05, 3.63) is 71.2 Å². The summed E-state index contributed by atoms with van der Waals surface area (Å²) in [6, 6.07) is 13.3. The van der Waals surface area contributed by atoms with Crippen molar-refractivity contribution in [3.63, 3.8) is 0 Å². The molecule has 0 saturated carbocycles. The van der Waals surface area contributed by atoms with E-state index in [2.05, 4.69) is 20.5 Å². The lowest BCUT2D eigenvalue weighted by Crippen LogP contribution is -2.52. The van der Waals surface area contributed by atoms with Gasteiger partial charge in [-0.05, 0) is 56.7 Å². The van der Waals surface area contributed by atoms with Gasteiger partial charge >= 0.3 is 0 Å². The highest BCUT2D eigenvalue weighted by atomic mass is 32.2. The molecule has 1 unspecified atom stereocenters. The molecule has 1 aromatic heterocycles. The van der Waals surface area contributed by atoms with E-state index in [4.69, 9.17) is 5.73 Å². The summed E-state index contributed by atoms with van der Waals surface area (Å²) in [6.07, 6.45) is 3.51. The topological polar surface area (TPSA) is 116 Å². The summed E-state index contributed by atoms with van der Waals surface area (Å²) in [6.45, 7) is 5.36. The predicted molar refractivity (Wildman–Crippen MR) is 129 cm³/mol. The first kappa shape index (κ1) is 22.0. The van der Waals surface area contributed by atoms with Crippen LogP contribution in [0.15, 0.2) is 59.4 Å². The van der Waals surface area contributed by atoms with Gasteiger partial charge in [0.25, 0.3) is 0 Å². The average molecular weight is 453 g/mol. The first-order valence-electron chi connectivity index (χ1n) is 10.4. The van der Waals surface area contributed by atoms with Gasteiger partial charge in [0, 0.05) is 35.6 Å². The van der Waals surface area contributed by atoms with E-state index in [0.717, 1.165) is 28.1 Å². The van der Waals surface area contributed by atoms with Gasteiger partial charge in [-0.2, -0.15) is 5.10 Å². The fourth-order valence-corrected chi connectivity index (χ4v) is 4.59. The van der Waals surface area contributed by atoms with E-state index >= 15 is 0 Å². The molecule has 1 aliphatic rings. The number of fused-ring (bicyclic) bond motifs is 1. The third-order valence-corrected chi connectivity index (χ3v) is 7.93. The molecule has 0 aliphatic carbocycles. The highest BCUT2D eigenvalue weighted by Crippen LogP contribution is 2.27. The number of benzene rings is 2. The molecular weight excluding hydrogens is 424 g/mol. The molecule has 32 heavy (non-hydrogen) atoms.